The van der Waals surface area contributed by atoms with E-state index in [0.717, 1.165) is 22.3 Å². The van der Waals surface area contributed by atoms with Crippen LogP contribution in [0.3, 0.4) is 0 Å². The van der Waals surface area contributed by atoms with Gasteiger partial charge in [-0.25, -0.2) is 4.79 Å². The number of carbonyl (C=O) groups is 3. The van der Waals surface area contributed by atoms with Crippen LogP contribution >= 0.6 is 0 Å². The normalized spacial score (nSPS) is 16.0. The topological polar surface area (TPSA) is 105 Å². The number of carboxylic acids is 1. The molecule has 32 heavy (non-hydrogen) atoms. The fraction of sp³-hybridized carbons (Fsp3) is 0.375. The molecule has 8 heteroatoms. The molecule has 0 radical (unpaired) electrons. The van der Waals surface area contributed by atoms with E-state index in [1.165, 1.54) is 0 Å². The quantitative estimate of drug-likeness (QED) is 0.657. The number of carbonyl (C=O) groups excluding carboxylic acids is 2. The van der Waals surface area contributed by atoms with Crippen LogP contribution in [0.1, 0.15) is 29.9 Å². The molecule has 1 saturated heterocycles. The van der Waals surface area contributed by atoms with Gasteiger partial charge in [0.15, 0.2) is 0 Å². The first-order valence-electron chi connectivity index (χ1n) is 10.6. The van der Waals surface area contributed by atoms with Gasteiger partial charge in [-0.1, -0.05) is 48.5 Å². The molecular formula is C24H26N2O6. The minimum atomic E-state index is -1.03. The van der Waals surface area contributed by atoms with Gasteiger partial charge in [-0.3, -0.25) is 9.59 Å². The number of hydrogen-bond donors (Lipinski definition) is 2. The Bertz CT molecular complexity index is 972. The van der Waals surface area contributed by atoms with Gasteiger partial charge in [-0.15, -0.1) is 0 Å². The number of fused-ring (bicyclic) bond motifs is 3. The minimum Gasteiger partial charge on any atom is -0.481 e. The van der Waals surface area contributed by atoms with Crippen molar-refractivity contribution in [3.8, 4) is 11.1 Å². The van der Waals surface area contributed by atoms with Gasteiger partial charge in [-0.05, 0) is 28.7 Å². The van der Waals surface area contributed by atoms with Crippen LogP contribution in [-0.4, -0.2) is 66.9 Å². The van der Waals surface area contributed by atoms with Crippen LogP contribution in [0.25, 0.3) is 11.1 Å². The minimum absolute atomic E-state index is 0.00743. The molecule has 2 amide bonds. The monoisotopic (exact) mass is 438 g/mol. The lowest BCUT2D eigenvalue weighted by Crippen LogP contribution is -2.59. The average Bonchev–Trinajstić information content (AvgIpc) is 3.08. The highest BCUT2D eigenvalue weighted by Gasteiger charge is 2.36. The number of methoxy groups -OCH3 is 1. The van der Waals surface area contributed by atoms with E-state index in [1.54, 1.807) is 12.0 Å². The second-order valence-electron chi connectivity index (χ2n) is 8.06. The van der Waals surface area contributed by atoms with Crippen LogP contribution in [0.5, 0.6) is 0 Å². The summed E-state index contributed by atoms with van der Waals surface area (Å²) in [5.41, 5.74) is 4.42. The Morgan fingerprint density at radius 3 is 2.22 bits per heavy atom. The highest BCUT2D eigenvalue weighted by molar-refractivity contribution is 5.87. The van der Waals surface area contributed by atoms with Gasteiger partial charge < -0.3 is 24.8 Å². The number of benzene rings is 2. The van der Waals surface area contributed by atoms with Crippen molar-refractivity contribution < 1.29 is 29.0 Å². The van der Waals surface area contributed by atoms with Crippen LogP contribution in [0, 0.1) is 0 Å². The van der Waals surface area contributed by atoms with Crippen molar-refractivity contribution in [3.63, 3.8) is 0 Å². The first kappa shape index (κ1) is 21.8. The summed E-state index contributed by atoms with van der Waals surface area (Å²) in [6.45, 7) is 0.964. The number of nitrogens with one attached hydrogen (secondary N) is 1. The Labute approximate surface area is 186 Å². The van der Waals surface area contributed by atoms with Crippen molar-refractivity contribution in [1.82, 2.24) is 10.2 Å². The molecule has 0 saturated carbocycles. The van der Waals surface area contributed by atoms with Gasteiger partial charge in [0.25, 0.3) is 0 Å². The van der Waals surface area contributed by atoms with E-state index in [2.05, 4.69) is 17.4 Å². The highest BCUT2D eigenvalue weighted by atomic mass is 16.5. The third-order valence-corrected chi connectivity index (χ3v) is 6.07. The summed E-state index contributed by atoms with van der Waals surface area (Å²) in [7, 11) is 1.57. The molecule has 1 atom stereocenters. The predicted molar refractivity (Wildman–Crippen MR) is 116 cm³/mol. The standard InChI is InChI=1S/C24H26N2O6/c1-31-15-12-26(13-15)23(29)21(10-11-22(27)28)25-24(30)32-14-20-18-8-4-2-6-16(18)17-7-3-5-9-19(17)20/h2-9,15,20-21H,10-14H2,1H3,(H,25,30)(H,27,28). The zero-order chi connectivity index (χ0) is 22.7. The molecule has 0 bridgehead atoms. The highest BCUT2D eigenvalue weighted by Crippen LogP contribution is 2.44. The molecule has 1 aliphatic heterocycles. The Hall–Kier alpha value is -3.39. The number of likely N-dealkylation sites (tertiary alicyclic amines) is 1. The first-order chi connectivity index (χ1) is 15.5. The van der Waals surface area contributed by atoms with E-state index in [1.807, 2.05) is 36.4 Å². The summed E-state index contributed by atoms with van der Waals surface area (Å²) in [5.74, 6) is -1.46. The molecule has 0 aromatic heterocycles. The predicted octanol–water partition coefficient (Wildman–Crippen LogP) is 2.62. The maximum absolute atomic E-state index is 12.7. The maximum atomic E-state index is 12.7. The molecular weight excluding hydrogens is 412 g/mol. The molecule has 1 fully saturated rings. The van der Waals surface area contributed by atoms with Gasteiger partial charge in [0.1, 0.15) is 12.6 Å². The lowest BCUT2D eigenvalue weighted by molar-refractivity contribution is -0.145. The van der Waals surface area contributed by atoms with E-state index in [9.17, 15) is 14.4 Å². The van der Waals surface area contributed by atoms with E-state index in [4.69, 9.17) is 14.6 Å². The number of ether oxygens (including phenoxy) is 2. The summed E-state index contributed by atoms with van der Waals surface area (Å²) in [6, 6.07) is 15.1. The summed E-state index contributed by atoms with van der Waals surface area (Å²) in [5, 5.41) is 11.6. The third-order valence-electron chi connectivity index (χ3n) is 6.07. The molecule has 2 aromatic carbocycles. The maximum Gasteiger partial charge on any atom is 0.407 e. The second-order valence-corrected chi connectivity index (χ2v) is 8.06. The molecule has 0 spiro atoms. The SMILES string of the molecule is COC1CN(C(=O)C(CCC(=O)O)NC(=O)OCC2c3ccccc3-c3ccccc32)C1. The molecule has 1 heterocycles. The molecule has 4 rings (SSSR count). The van der Waals surface area contributed by atoms with Crippen LogP contribution in [0.15, 0.2) is 48.5 Å². The second kappa shape index (κ2) is 9.40. The molecule has 1 unspecified atom stereocenters. The number of alkyl carbamates (subject to hydrolysis) is 1. The zero-order valence-corrected chi connectivity index (χ0v) is 17.8. The molecule has 2 aromatic rings. The molecule has 168 valence electrons. The summed E-state index contributed by atoms with van der Waals surface area (Å²) < 4.78 is 10.7. The molecule has 1 aliphatic carbocycles. The van der Waals surface area contributed by atoms with Crippen molar-refractivity contribution >= 4 is 18.0 Å². The Kier molecular flexibility index (Phi) is 6.41. The fourth-order valence-corrected chi connectivity index (χ4v) is 4.30. The number of amides is 2. The first-order valence-corrected chi connectivity index (χ1v) is 10.6. The van der Waals surface area contributed by atoms with Gasteiger partial charge in [0, 0.05) is 32.5 Å². The van der Waals surface area contributed by atoms with Crippen LogP contribution in [0.2, 0.25) is 0 Å². The van der Waals surface area contributed by atoms with E-state index < -0.39 is 18.1 Å². The van der Waals surface area contributed by atoms with Gasteiger partial charge in [-0.2, -0.15) is 0 Å². The fourth-order valence-electron chi connectivity index (χ4n) is 4.30. The smallest absolute Gasteiger partial charge is 0.407 e. The number of rotatable bonds is 8. The van der Waals surface area contributed by atoms with Crippen LogP contribution < -0.4 is 5.32 Å². The van der Waals surface area contributed by atoms with E-state index in [-0.39, 0.29) is 37.4 Å². The number of hydrogen-bond acceptors (Lipinski definition) is 5. The largest absolute Gasteiger partial charge is 0.481 e. The molecule has 8 nitrogen and oxygen atoms in total. The van der Waals surface area contributed by atoms with Crippen molar-refractivity contribution in [2.45, 2.75) is 30.9 Å². The summed E-state index contributed by atoms with van der Waals surface area (Å²) in [4.78, 5) is 37.8. The van der Waals surface area contributed by atoms with Gasteiger partial charge in [0.2, 0.25) is 5.91 Å². The van der Waals surface area contributed by atoms with Crippen molar-refractivity contribution in [2.75, 3.05) is 26.8 Å². The van der Waals surface area contributed by atoms with Gasteiger partial charge in [0.05, 0.1) is 6.10 Å². The molecule has 2 N–H and O–H groups in total. The number of carboxylic acid groups (broad SMARTS) is 1. The van der Waals surface area contributed by atoms with Crippen LogP contribution in [0.4, 0.5) is 4.79 Å². The zero-order valence-electron chi connectivity index (χ0n) is 17.8. The van der Waals surface area contributed by atoms with Crippen molar-refractivity contribution in [1.29, 1.82) is 0 Å². The van der Waals surface area contributed by atoms with E-state index in [0.29, 0.717) is 13.1 Å². The third kappa shape index (κ3) is 4.45. The summed E-state index contributed by atoms with van der Waals surface area (Å²) in [6.07, 6.45) is -1.01. The van der Waals surface area contributed by atoms with Crippen molar-refractivity contribution in [3.05, 3.63) is 59.7 Å². The lowest BCUT2D eigenvalue weighted by atomic mass is 9.98. The average molecular weight is 438 g/mol. The Morgan fingerprint density at radius 1 is 1.06 bits per heavy atom. The lowest BCUT2D eigenvalue weighted by Gasteiger charge is -2.40. The van der Waals surface area contributed by atoms with Crippen LogP contribution in [-0.2, 0) is 19.1 Å². The van der Waals surface area contributed by atoms with Gasteiger partial charge >= 0.3 is 12.1 Å². The Balaban J connectivity index is 1.40. The summed E-state index contributed by atoms with van der Waals surface area (Å²) >= 11 is 0. The van der Waals surface area contributed by atoms with E-state index >= 15 is 0 Å². The Morgan fingerprint density at radius 2 is 1.66 bits per heavy atom. The number of nitrogens with zero attached hydrogens (tertiary/aromatic N) is 1. The molecule has 2 aliphatic rings. The van der Waals surface area contributed by atoms with Crippen molar-refractivity contribution in [2.24, 2.45) is 0 Å². The number of aliphatic carboxylic acids is 1.